The van der Waals surface area contributed by atoms with Gasteiger partial charge in [0.25, 0.3) is 0 Å². The molecule has 5 nitrogen and oxygen atoms in total. The molecule has 2 aromatic rings. The van der Waals surface area contributed by atoms with E-state index < -0.39 is 4.92 Å². The number of nitro groups is 1. The van der Waals surface area contributed by atoms with Crippen LogP contribution in [0.4, 0.5) is 5.82 Å². The van der Waals surface area contributed by atoms with Crippen LogP contribution in [0.25, 0.3) is 5.52 Å². The zero-order chi connectivity index (χ0) is 10.4. The zero-order valence-electron chi connectivity index (χ0n) is 7.96. The Hall–Kier alpha value is -1.91. The first-order chi connectivity index (χ1) is 7.27. The summed E-state index contributed by atoms with van der Waals surface area (Å²) in [6, 6.07) is 5.39. The molecule has 0 bridgehead atoms. The molecule has 0 unspecified atom stereocenters. The minimum atomic E-state index is -0.415. The third kappa shape index (κ3) is 1.20. The van der Waals surface area contributed by atoms with Crippen molar-refractivity contribution in [2.24, 2.45) is 0 Å². The molecule has 0 saturated heterocycles. The van der Waals surface area contributed by atoms with Crippen molar-refractivity contribution in [1.82, 2.24) is 9.38 Å². The van der Waals surface area contributed by atoms with E-state index in [0.717, 1.165) is 18.7 Å². The maximum atomic E-state index is 10.8. The van der Waals surface area contributed by atoms with Crippen LogP contribution in [-0.4, -0.2) is 14.3 Å². The SMILES string of the molecule is O=[N+]([O-])c1nc(C2CC2)n2ccccc12. The van der Waals surface area contributed by atoms with Crippen molar-refractivity contribution >= 4 is 11.3 Å². The molecule has 5 heteroatoms. The molecular formula is C10H9N3O2. The number of fused-ring (bicyclic) bond motifs is 1. The Labute approximate surface area is 85.5 Å². The highest BCUT2D eigenvalue weighted by atomic mass is 16.6. The van der Waals surface area contributed by atoms with Crippen molar-refractivity contribution in [2.75, 3.05) is 0 Å². The van der Waals surface area contributed by atoms with Gasteiger partial charge in [-0.3, -0.25) is 4.40 Å². The summed E-state index contributed by atoms with van der Waals surface area (Å²) in [4.78, 5) is 14.5. The van der Waals surface area contributed by atoms with Crippen LogP contribution in [-0.2, 0) is 0 Å². The number of hydrogen-bond acceptors (Lipinski definition) is 3. The largest absolute Gasteiger partial charge is 0.389 e. The average molecular weight is 203 g/mol. The number of rotatable bonds is 2. The first-order valence-corrected chi connectivity index (χ1v) is 4.89. The summed E-state index contributed by atoms with van der Waals surface area (Å²) in [6.45, 7) is 0. The quantitative estimate of drug-likeness (QED) is 0.554. The number of imidazole rings is 1. The van der Waals surface area contributed by atoms with E-state index in [0.29, 0.717) is 11.4 Å². The van der Waals surface area contributed by atoms with Crippen molar-refractivity contribution < 1.29 is 4.92 Å². The highest BCUT2D eigenvalue weighted by molar-refractivity contribution is 5.62. The van der Waals surface area contributed by atoms with Gasteiger partial charge >= 0.3 is 5.82 Å². The lowest BCUT2D eigenvalue weighted by Gasteiger charge is -1.93. The van der Waals surface area contributed by atoms with E-state index in [1.165, 1.54) is 0 Å². The Morgan fingerprint density at radius 1 is 1.47 bits per heavy atom. The highest BCUT2D eigenvalue weighted by Gasteiger charge is 2.34. The Bertz CT molecular complexity index is 543. The van der Waals surface area contributed by atoms with Gasteiger partial charge in [-0.15, -0.1) is 0 Å². The Balaban J connectivity index is 2.32. The molecule has 0 N–H and O–H groups in total. The standard InChI is InChI=1S/C10H9N3O2/c14-13(15)10-8-3-1-2-6-12(8)9(11-10)7-4-5-7/h1-3,6-7H,4-5H2. The fourth-order valence-corrected chi connectivity index (χ4v) is 1.81. The number of aromatic nitrogens is 2. The second-order valence-corrected chi connectivity index (χ2v) is 3.78. The fraction of sp³-hybridized carbons (Fsp3) is 0.300. The van der Waals surface area contributed by atoms with Crippen molar-refractivity contribution in [3.8, 4) is 0 Å². The Morgan fingerprint density at radius 2 is 2.27 bits per heavy atom. The normalized spacial score (nSPS) is 15.7. The molecule has 15 heavy (non-hydrogen) atoms. The molecule has 0 atom stereocenters. The molecule has 2 heterocycles. The molecule has 0 spiro atoms. The van der Waals surface area contributed by atoms with E-state index in [4.69, 9.17) is 0 Å². The smallest absolute Gasteiger partial charge is 0.358 e. The van der Waals surface area contributed by atoms with Gasteiger partial charge in [-0.25, -0.2) is 0 Å². The first-order valence-electron chi connectivity index (χ1n) is 4.89. The Morgan fingerprint density at radius 3 is 2.93 bits per heavy atom. The fourth-order valence-electron chi connectivity index (χ4n) is 1.81. The van der Waals surface area contributed by atoms with E-state index in [1.54, 1.807) is 12.1 Å². The van der Waals surface area contributed by atoms with E-state index in [1.807, 2.05) is 16.7 Å². The summed E-state index contributed by atoms with van der Waals surface area (Å²) < 4.78 is 1.83. The first kappa shape index (κ1) is 8.40. The Kier molecular flexibility index (Phi) is 1.56. The average Bonchev–Trinajstić information content (AvgIpc) is 2.99. The molecule has 1 aliphatic carbocycles. The van der Waals surface area contributed by atoms with Crippen LogP contribution in [0, 0.1) is 10.1 Å². The van der Waals surface area contributed by atoms with Gasteiger partial charge in [0.1, 0.15) is 5.52 Å². The van der Waals surface area contributed by atoms with Gasteiger partial charge in [-0.2, -0.15) is 0 Å². The van der Waals surface area contributed by atoms with Crippen LogP contribution in [0.5, 0.6) is 0 Å². The molecule has 3 rings (SSSR count). The van der Waals surface area contributed by atoms with Crippen LogP contribution >= 0.6 is 0 Å². The lowest BCUT2D eigenvalue weighted by atomic mass is 10.4. The highest BCUT2D eigenvalue weighted by Crippen LogP contribution is 2.40. The summed E-state index contributed by atoms with van der Waals surface area (Å²) in [5, 5.41) is 10.8. The van der Waals surface area contributed by atoms with E-state index >= 15 is 0 Å². The lowest BCUT2D eigenvalue weighted by molar-refractivity contribution is -0.387. The van der Waals surface area contributed by atoms with Crippen molar-refractivity contribution in [3.05, 3.63) is 40.3 Å². The van der Waals surface area contributed by atoms with Crippen LogP contribution in [0.3, 0.4) is 0 Å². The molecule has 1 fully saturated rings. The summed E-state index contributed by atoms with van der Waals surface area (Å²) in [5.41, 5.74) is 0.587. The second-order valence-electron chi connectivity index (χ2n) is 3.78. The zero-order valence-corrected chi connectivity index (χ0v) is 7.96. The minimum Gasteiger partial charge on any atom is -0.358 e. The molecule has 0 aliphatic heterocycles. The van der Waals surface area contributed by atoms with Gasteiger partial charge in [0.15, 0.2) is 0 Å². The summed E-state index contributed by atoms with van der Waals surface area (Å²) >= 11 is 0. The number of hydrogen-bond donors (Lipinski definition) is 0. The van der Waals surface area contributed by atoms with Crippen molar-refractivity contribution in [3.63, 3.8) is 0 Å². The molecule has 1 aliphatic rings. The van der Waals surface area contributed by atoms with Crippen LogP contribution in [0.1, 0.15) is 24.6 Å². The van der Waals surface area contributed by atoms with Crippen LogP contribution < -0.4 is 0 Å². The van der Waals surface area contributed by atoms with Gasteiger partial charge in [-0.1, -0.05) is 6.07 Å². The van der Waals surface area contributed by atoms with Gasteiger partial charge < -0.3 is 10.1 Å². The third-order valence-corrected chi connectivity index (χ3v) is 2.67. The van der Waals surface area contributed by atoms with Crippen LogP contribution in [0.2, 0.25) is 0 Å². The summed E-state index contributed by atoms with van der Waals surface area (Å²) in [7, 11) is 0. The molecular weight excluding hydrogens is 194 g/mol. The van der Waals surface area contributed by atoms with E-state index in [9.17, 15) is 10.1 Å². The van der Waals surface area contributed by atoms with E-state index in [-0.39, 0.29) is 5.82 Å². The third-order valence-electron chi connectivity index (χ3n) is 2.67. The maximum absolute atomic E-state index is 10.8. The second kappa shape index (κ2) is 2.79. The van der Waals surface area contributed by atoms with Crippen LogP contribution in [0.15, 0.2) is 24.4 Å². The lowest BCUT2D eigenvalue weighted by Crippen LogP contribution is -1.90. The van der Waals surface area contributed by atoms with E-state index in [2.05, 4.69) is 4.98 Å². The van der Waals surface area contributed by atoms with Crippen molar-refractivity contribution in [1.29, 1.82) is 0 Å². The molecule has 0 radical (unpaired) electrons. The predicted octanol–water partition coefficient (Wildman–Crippen LogP) is 2.12. The summed E-state index contributed by atoms with van der Waals surface area (Å²) in [6.07, 6.45) is 4.01. The van der Waals surface area contributed by atoms with Gasteiger partial charge in [0, 0.05) is 12.1 Å². The van der Waals surface area contributed by atoms with Gasteiger partial charge in [0.2, 0.25) is 5.82 Å². The topological polar surface area (TPSA) is 60.4 Å². The summed E-state index contributed by atoms with van der Waals surface area (Å²) in [5.74, 6) is 1.21. The molecule has 0 amide bonds. The minimum absolute atomic E-state index is 0.0301. The molecule has 76 valence electrons. The van der Waals surface area contributed by atoms with Gasteiger partial charge in [0.05, 0.1) is 0 Å². The monoisotopic (exact) mass is 203 g/mol. The maximum Gasteiger partial charge on any atom is 0.389 e. The van der Waals surface area contributed by atoms with Crippen molar-refractivity contribution in [2.45, 2.75) is 18.8 Å². The van der Waals surface area contributed by atoms with Gasteiger partial charge in [-0.05, 0) is 34.9 Å². The predicted molar refractivity (Wildman–Crippen MR) is 53.8 cm³/mol. The molecule has 0 aromatic carbocycles. The molecule has 2 aromatic heterocycles. The molecule has 1 saturated carbocycles. The number of nitrogens with zero attached hydrogens (tertiary/aromatic N) is 3. The number of pyridine rings is 1.